The SMILES string of the molecule is O=C(O)CCC(=O)SCCCl. The fraction of sp³-hybridized carbons (Fsp3) is 0.667. The monoisotopic (exact) mass is 196 g/mol. The Hall–Kier alpha value is -0.220. The predicted octanol–water partition coefficient (Wildman–Crippen LogP) is 1.35. The van der Waals surface area contributed by atoms with Crippen LogP contribution >= 0.6 is 23.4 Å². The molecule has 0 aromatic carbocycles. The lowest BCUT2D eigenvalue weighted by Gasteiger charge is -1.94. The van der Waals surface area contributed by atoms with Gasteiger partial charge in [-0.3, -0.25) is 9.59 Å². The summed E-state index contributed by atoms with van der Waals surface area (Å²) in [7, 11) is 0. The molecule has 0 heterocycles. The molecule has 0 amide bonds. The Morgan fingerprint density at radius 3 is 2.45 bits per heavy atom. The van der Waals surface area contributed by atoms with Gasteiger partial charge in [0, 0.05) is 18.1 Å². The molecule has 0 rings (SSSR count). The highest BCUT2D eigenvalue weighted by atomic mass is 35.5. The Bertz CT molecular complexity index is 149. The van der Waals surface area contributed by atoms with Crippen LogP contribution in [0.2, 0.25) is 0 Å². The molecule has 0 bridgehead atoms. The van der Waals surface area contributed by atoms with Crippen molar-refractivity contribution in [3.8, 4) is 0 Å². The van der Waals surface area contributed by atoms with Crippen molar-refractivity contribution in [1.82, 2.24) is 0 Å². The van der Waals surface area contributed by atoms with E-state index in [1.54, 1.807) is 0 Å². The molecule has 0 radical (unpaired) electrons. The molecular formula is C6H9ClO3S. The Morgan fingerprint density at radius 2 is 2.00 bits per heavy atom. The van der Waals surface area contributed by atoms with Crippen LogP contribution in [0.4, 0.5) is 0 Å². The molecule has 3 nitrogen and oxygen atoms in total. The van der Waals surface area contributed by atoms with Crippen molar-refractivity contribution in [3.63, 3.8) is 0 Å². The summed E-state index contributed by atoms with van der Waals surface area (Å²) in [5.74, 6) is 0.0357. The fourth-order valence-corrected chi connectivity index (χ4v) is 1.22. The summed E-state index contributed by atoms with van der Waals surface area (Å²) in [4.78, 5) is 20.7. The van der Waals surface area contributed by atoms with Gasteiger partial charge in [-0.25, -0.2) is 0 Å². The number of aliphatic carboxylic acids is 1. The summed E-state index contributed by atoms with van der Waals surface area (Å²) in [6, 6.07) is 0. The smallest absolute Gasteiger partial charge is 0.303 e. The second-order valence-electron chi connectivity index (χ2n) is 1.80. The Kier molecular flexibility index (Phi) is 6.36. The van der Waals surface area contributed by atoms with Gasteiger partial charge in [0.05, 0.1) is 6.42 Å². The maximum atomic E-state index is 10.7. The number of carbonyl (C=O) groups excluding carboxylic acids is 1. The van der Waals surface area contributed by atoms with Crippen molar-refractivity contribution in [2.75, 3.05) is 11.6 Å². The van der Waals surface area contributed by atoms with Crippen molar-refractivity contribution in [2.24, 2.45) is 0 Å². The van der Waals surface area contributed by atoms with E-state index in [0.29, 0.717) is 11.6 Å². The molecule has 1 N–H and O–H groups in total. The molecule has 5 heteroatoms. The molecular weight excluding hydrogens is 188 g/mol. The minimum absolute atomic E-state index is 0.0892. The van der Waals surface area contributed by atoms with Gasteiger partial charge >= 0.3 is 5.97 Å². The van der Waals surface area contributed by atoms with E-state index in [1.807, 2.05) is 0 Å². The average molecular weight is 197 g/mol. The largest absolute Gasteiger partial charge is 0.481 e. The number of carboxylic acids is 1. The summed E-state index contributed by atoms with van der Waals surface area (Å²) in [6.45, 7) is 0. The minimum Gasteiger partial charge on any atom is -0.481 e. The van der Waals surface area contributed by atoms with Gasteiger partial charge in [-0.1, -0.05) is 11.8 Å². The first-order valence-electron chi connectivity index (χ1n) is 3.10. The number of hydrogen-bond donors (Lipinski definition) is 1. The normalized spacial score (nSPS) is 9.55. The average Bonchev–Trinajstić information content (AvgIpc) is 1.97. The number of thioether (sulfide) groups is 1. The van der Waals surface area contributed by atoms with Crippen LogP contribution in [0.3, 0.4) is 0 Å². The van der Waals surface area contributed by atoms with E-state index in [4.69, 9.17) is 16.7 Å². The molecule has 0 aromatic rings. The minimum atomic E-state index is -0.940. The van der Waals surface area contributed by atoms with Gasteiger partial charge in [0.25, 0.3) is 0 Å². The number of carboxylic acid groups (broad SMARTS) is 1. The lowest BCUT2D eigenvalue weighted by atomic mass is 10.3. The van der Waals surface area contributed by atoms with Crippen LogP contribution in [0, 0.1) is 0 Å². The third kappa shape index (κ3) is 7.68. The fourth-order valence-electron chi connectivity index (χ4n) is 0.434. The maximum absolute atomic E-state index is 10.7. The van der Waals surface area contributed by atoms with Crippen LogP contribution in [0.25, 0.3) is 0 Å². The van der Waals surface area contributed by atoms with Crippen molar-refractivity contribution >= 4 is 34.4 Å². The first kappa shape index (κ1) is 10.8. The van der Waals surface area contributed by atoms with Gasteiger partial charge in [-0.05, 0) is 0 Å². The molecule has 0 atom stereocenters. The van der Waals surface area contributed by atoms with Gasteiger partial charge in [-0.15, -0.1) is 11.6 Å². The van der Waals surface area contributed by atoms with Gasteiger partial charge in [0.15, 0.2) is 5.12 Å². The number of alkyl halides is 1. The van der Waals surface area contributed by atoms with E-state index in [-0.39, 0.29) is 18.0 Å². The summed E-state index contributed by atoms with van der Waals surface area (Å²) >= 11 is 6.40. The third-order valence-electron chi connectivity index (χ3n) is 0.883. The summed E-state index contributed by atoms with van der Waals surface area (Å²) in [5.41, 5.74) is 0. The van der Waals surface area contributed by atoms with Gasteiger partial charge < -0.3 is 5.11 Å². The number of carbonyl (C=O) groups is 2. The number of halogens is 1. The van der Waals surface area contributed by atoms with E-state index in [2.05, 4.69) is 0 Å². The summed E-state index contributed by atoms with van der Waals surface area (Å²) in [5, 5.41) is 8.10. The number of hydrogen-bond acceptors (Lipinski definition) is 3. The highest BCUT2D eigenvalue weighted by Crippen LogP contribution is 2.07. The third-order valence-corrected chi connectivity index (χ3v) is 2.23. The molecule has 64 valence electrons. The van der Waals surface area contributed by atoms with Gasteiger partial charge in [-0.2, -0.15) is 0 Å². The highest BCUT2D eigenvalue weighted by molar-refractivity contribution is 8.13. The number of rotatable bonds is 5. The van der Waals surface area contributed by atoms with E-state index < -0.39 is 5.97 Å². The molecule has 0 unspecified atom stereocenters. The van der Waals surface area contributed by atoms with Crippen molar-refractivity contribution in [1.29, 1.82) is 0 Å². The quantitative estimate of drug-likeness (QED) is 0.675. The summed E-state index contributed by atoms with van der Waals surface area (Å²) < 4.78 is 0. The standard InChI is InChI=1S/C6H9ClO3S/c7-3-4-11-6(10)2-1-5(8)9/h1-4H2,(H,8,9). The Labute approximate surface area is 74.1 Å². The van der Waals surface area contributed by atoms with E-state index >= 15 is 0 Å². The molecule has 0 saturated carbocycles. The van der Waals surface area contributed by atoms with Crippen LogP contribution in [0.5, 0.6) is 0 Å². The summed E-state index contributed by atoms with van der Waals surface area (Å²) in [6.07, 6.45) is 0.00497. The molecule has 0 aliphatic heterocycles. The van der Waals surface area contributed by atoms with Crippen LogP contribution in [-0.2, 0) is 9.59 Å². The Balaban J connectivity index is 3.30. The second kappa shape index (κ2) is 6.49. The van der Waals surface area contributed by atoms with Crippen LogP contribution < -0.4 is 0 Å². The first-order valence-corrected chi connectivity index (χ1v) is 4.62. The molecule has 0 spiro atoms. The van der Waals surface area contributed by atoms with Crippen LogP contribution in [0.1, 0.15) is 12.8 Å². The predicted molar refractivity (Wildman–Crippen MR) is 45.1 cm³/mol. The molecule has 0 aromatic heterocycles. The maximum Gasteiger partial charge on any atom is 0.303 e. The molecule has 0 saturated heterocycles. The second-order valence-corrected chi connectivity index (χ2v) is 3.33. The zero-order valence-electron chi connectivity index (χ0n) is 5.88. The molecule has 0 fully saturated rings. The van der Waals surface area contributed by atoms with Crippen molar-refractivity contribution in [2.45, 2.75) is 12.8 Å². The van der Waals surface area contributed by atoms with Crippen molar-refractivity contribution in [3.05, 3.63) is 0 Å². The van der Waals surface area contributed by atoms with Crippen LogP contribution in [-0.4, -0.2) is 27.8 Å². The topological polar surface area (TPSA) is 54.4 Å². The highest BCUT2D eigenvalue weighted by Gasteiger charge is 2.04. The zero-order valence-corrected chi connectivity index (χ0v) is 7.45. The van der Waals surface area contributed by atoms with E-state index in [0.717, 1.165) is 11.8 Å². The van der Waals surface area contributed by atoms with Crippen molar-refractivity contribution < 1.29 is 14.7 Å². The molecule has 11 heavy (non-hydrogen) atoms. The van der Waals surface area contributed by atoms with Gasteiger partial charge in [0.2, 0.25) is 0 Å². The van der Waals surface area contributed by atoms with Gasteiger partial charge in [0.1, 0.15) is 0 Å². The van der Waals surface area contributed by atoms with Crippen LogP contribution in [0.15, 0.2) is 0 Å². The molecule has 0 aliphatic rings. The molecule has 0 aliphatic carbocycles. The van der Waals surface area contributed by atoms with E-state index in [1.165, 1.54) is 0 Å². The Morgan fingerprint density at radius 1 is 1.36 bits per heavy atom. The first-order chi connectivity index (χ1) is 5.16. The van der Waals surface area contributed by atoms with E-state index in [9.17, 15) is 9.59 Å². The zero-order chi connectivity index (χ0) is 8.69. The lowest BCUT2D eigenvalue weighted by Crippen LogP contribution is -2.00. The lowest BCUT2D eigenvalue weighted by molar-refractivity contribution is -0.137.